The topological polar surface area (TPSA) is 109 Å². The van der Waals surface area contributed by atoms with Crippen LogP contribution in [-0.4, -0.2) is 51.6 Å². The number of rotatable bonds is 4. The van der Waals surface area contributed by atoms with Gasteiger partial charge in [-0.3, -0.25) is 14.6 Å². The van der Waals surface area contributed by atoms with Gasteiger partial charge in [0.15, 0.2) is 5.78 Å². The van der Waals surface area contributed by atoms with Gasteiger partial charge in [0.25, 0.3) is 0 Å². The normalized spacial score (nSPS) is 22.5. The number of benzene rings is 1. The maximum absolute atomic E-state index is 13.0. The van der Waals surface area contributed by atoms with E-state index in [2.05, 4.69) is 42.2 Å². The van der Waals surface area contributed by atoms with E-state index < -0.39 is 0 Å². The van der Waals surface area contributed by atoms with Crippen molar-refractivity contribution in [1.29, 1.82) is 0 Å². The molecule has 2 fully saturated rings. The molecule has 2 atom stereocenters. The van der Waals surface area contributed by atoms with Crippen LogP contribution in [0.4, 0.5) is 16.2 Å². The Labute approximate surface area is 208 Å². The number of halogens is 2. The molecule has 1 aromatic carbocycles. The van der Waals surface area contributed by atoms with Crippen LogP contribution < -0.4 is 11.1 Å². The number of piperidine rings is 1. The van der Waals surface area contributed by atoms with Gasteiger partial charge in [-0.05, 0) is 74.9 Å². The molecule has 1 saturated carbocycles. The zero-order valence-corrected chi connectivity index (χ0v) is 20.9. The highest BCUT2D eigenvalue weighted by Crippen LogP contribution is 2.44. The Kier molecular flexibility index (Phi) is 5.90. The lowest BCUT2D eigenvalue weighted by Gasteiger charge is -2.40. The van der Waals surface area contributed by atoms with E-state index in [4.69, 9.17) is 5.73 Å². The number of nitrogens with zero attached hydrogens (tertiary/aromatic N) is 3. The summed E-state index contributed by atoms with van der Waals surface area (Å²) in [4.78, 5) is 46.3. The van der Waals surface area contributed by atoms with Gasteiger partial charge >= 0.3 is 6.03 Å². The first-order valence-electron chi connectivity index (χ1n) is 10.9. The molecule has 33 heavy (non-hydrogen) atoms. The molecule has 10 heteroatoms. The van der Waals surface area contributed by atoms with Gasteiger partial charge in [-0.2, -0.15) is 0 Å². The second-order valence-corrected chi connectivity index (χ2v) is 10.5. The summed E-state index contributed by atoms with van der Waals surface area (Å²) in [6.07, 6.45) is 5.42. The molecular formula is C23H23Br2N5O3. The Bertz CT molecular complexity index is 1130. The number of nitrogens with one attached hydrogen (secondary N) is 1. The molecule has 5 rings (SSSR count). The third-order valence-corrected chi connectivity index (χ3v) is 8.09. The summed E-state index contributed by atoms with van der Waals surface area (Å²) in [5.41, 5.74) is 8.81. The minimum Gasteiger partial charge on any atom is -0.397 e. The van der Waals surface area contributed by atoms with E-state index in [-0.39, 0.29) is 35.6 Å². The number of carbonyl (C=O) groups is 3. The maximum atomic E-state index is 13.0. The Morgan fingerprint density at radius 3 is 2.52 bits per heavy atom. The van der Waals surface area contributed by atoms with E-state index >= 15 is 0 Å². The van der Waals surface area contributed by atoms with E-state index in [1.54, 1.807) is 24.5 Å². The van der Waals surface area contributed by atoms with Gasteiger partial charge < -0.3 is 20.9 Å². The van der Waals surface area contributed by atoms with Crippen molar-refractivity contribution in [2.45, 2.75) is 31.8 Å². The fraction of sp³-hybridized carbons (Fsp3) is 0.391. The monoisotopic (exact) mass is 575 g/mol. The van der Waals surface area contributed by atoms with Crippen LogP contribution in [0, 0.1) is 11.8 Å². The molecule has 0 spiro atoms. The number of hydrogen-bond acceptors (Lipinski definition) is 5. The zero-order valence-electron chi connectivity index (χ0n) is 17.8. The van der Waals surface area contributed by atoms with Gasteiger partial charge in [-0.15, -0.1) is 0 Å². The first kappa shape index (κ1) is 22.3. The summed E-state index contributed by atoms with van der Waals surface area (Å²) in [5.74, 6) is -0.528. The molecule has 3 amide bonds. The molecule has 2 aliphatic heterocycles. The Balaban J connectivity index is 1.17. The Morgan fingerprint density at radius 1 is 1.12 bits per heavy atom. The van der Waals surface area contributed by atoms with E-state index in [0.29, 0.717) is 46.3 Å². The molecule has 3 aliphatic rings. The van der Waals surface area contributed by atoms with E-state index in [9.17, 15) is 14.4 Å². The fourth-order valence-corrected chi connectivity index (χ4v) is 5.93. The van der Waals surface area contributed by atoms with Crippen LogP contribution in [0.1, 0.15) is 35.2 Å². The molecule has 2 aromatic rings. The van der Waals surface area contributed by atoms with Crippen molar-refractivity contribution < 1.29 is 14.4 Å². The second-order valence-electron chi connectivity index (χ2n) is 8.81. The summed E-state index contributed by atoms with van der Waals surface area (Å²) < 4.78 is 1.32. The highest BCUT2D eigenvalue weighted by molar-refractivity contribution is 9.11. The molecule has 3 N–H and O–H groups in total. The highest BCUT2D eigenvalue weighted by Gasteiger charge is 2.50. The number of hydrogen-bond donors (Lipinski definition) is 2. The number of urea groups is 1. The van der Waals surface area contributed by atoms with Gasteiger partial charge in [0.1, 0.15) is 0 Å². The van der Waals surface area contributed by atoms with Gasteiger partial charge in [-0.1, -0.05) is 0 Å². The largest absolute Gasteiger partial charge is 0.397 e. The zero-order chi connectivity index (χ0) is 23.3. The fourth-order valence-electron chi connectivity index (χ4n) is 4.74. The third kappa shape index (κ3) is 4.26. The van der Waals surface area contributed by atoms with Crippen molar-refractivity contribution in [3.63, 3.8) is 0 Å². The maximum Gasteiger partial charge on any atom is 0.322 e. The molecule has 1 aliphatic carbocycles. The number of pyridine rings is 1. The number of Topliss-reactive ketones (excluding diaryl/α,β-unsaturated/α-hetero) is 1. The molecule has 1 aromatic heterocycles. The van der Waals surface area contributed by atoms with Crippen LogP contribution in [0.25, 0.3) is 0 Å². The molecule has 8 nitrogen and oxygen atoms in total. The van der Waals surface area contributed by atoms with Gasteiger partial charge in [0.05, 0.1) is 17.6 Å². The van der Waals surface area contributed by atoms with Gasteiger partial charge in [-0.25, -0.2) is 4.79 Å². The number of amides is 3. The lowest BCUT2D eigenvalue weighted by molar-refractivity contribution is -0.134. The Morgan fingerprint density at radius 2 is 1.82 bits per heavy atom. The van der Waals surface area contributed by atoms with Crippen molar-refractivity contribution in [2.75, 3.05) is 24.1 Å². The first-order chi connectivity index (χ1) is 15.8. The lowest BCUT2D eigenvalue weighted by atomic mass is 10.0. The summed E-state index contributed by atoms with van der Waals surface area (Å²) in [6.45, 7) is 1.73. The van der Waals surface area contributed by atoms with Gasteiger partial charge in [0.2, 0.25) is 5.91 Å². The van der Waals surface area contributed by atoms with Crippen LogP contribution in [0.15, 0.2) is 39.5 Å². The second kappa shape index (κ2) is 8.72. The molecule has 1 saturated heterocycles. The summed E-state index contributed by atoms with van der Waals surface area (Å²) >= 11 is 6.75. The third-order valence-electron chi connectivity index (χ3n) is 6.78. The lowest BCUT2D eigenvalue weighted by Crippen LogP contribution is -2.51. The predicted octanol–water partition coefficient (Wildman–Crippen LogP) is 4.05. The number of carbonyl (C=O) groups excluding carboxylic acids is 3. The molecule has 0 bridgehead atoms. The quantitative estimate of drug-likeness (QED) is 0.422. The highest BCUT2D eigenvalue weighted by atomic mass is 79.9. The average Bonchev–Trinajstić information content (AvgIpc) is 3.62. The summed E-state index contributed by atoms with van der Waals surface area (Å²) in [6, 6.07) is 5.31. The molecule has 172 valence electrons. The predicted molar refractivity (Wildman–Crippen MR) is 131 cm³/mol. The first-order valence-corrected chi connectivity index (χ1v) is 12.5. The van der Waals surface area contributed by atoms with Crippen LogP contribution in [0.3, 0.4) is 0 Å². The molecule has 0 radical (unpaired) electrons. The smallest absolute Gasteiger partial charge is 0.322 e. The van der Waals surface area contributed by atoms with E-state index in [1.165, 1.54) is 0 Å². The van der Waals surface area contributed by atoms with Gasteiger partial charge in [0, 0.05) is 58.2 Å². The van der Waals surface area contributed by atoms with Crippen LogP contribution >= 0.6 is 31.9 Å². The summed E-state index contributed by atoms with van der Waals surface area (Å²) in [5, 5.41) is 2.91. The van der Waals surface area contributed by atoms with Crippen LogP contribution in [-0.2, 0) is 11.3 Å². The van der Waals surface area contributed by atoms with Crippen molar-refractivity contribution in [3.05, 3.63) is 50.7 Å². The molecular weight excluding hydrogens is 554 g/mol. The number of fused-ring (bicyclic) bond motifs is 1. The van der Waals surface area contributed by atoms with Crippen LogP contribution in [0.2, 0.25) is 0 Å². The summed E-state index contributed by atoms with van der Waals surface area (Å²) in [7, 11) is 0. The van der Waals surface area contributed by atoms with Crippen molar-refractivity contribution in [1.82, 2.24) is 14.8 Å². The van der Waals surface area contributed by atoms with Crippen molar-refractivity contribution in [2.24, 2.45) is 11.8 Å². The number of anilines is 2. The number of nitrogens with two attached hydrogens (primary N) is 1. The SMILES string of the molecule is Nc1c(Br)cc(C(=O)[C@@H]2C[C@H]2C(=O)N2CCC(N3Cc4ccncc4NC3=O)CC2)cc1Br. The molecule has 0 unspecified atom stereocenters. The van der Waals surface area contributed by atoms with Crippen LogP contribution in [0.5, 0.6) is 0 Å². The van der Waals surface area contributed by atoms with E-state index in [1.807, 2.05) is 15.9 Å². The number of ketones is 1. The number of aromatic nitrogens is 1. The Hall–Kier alpha value is -2.46. The van der Waals surface area contributed by atoms with E-state index in [0.717, 1.165) is 24.1 Å². The minimum atomic E-state index is -0.282. The molecule has 3 heterocycles. The van der Waals surface area contributed by atoms with Crippen molar-refractivity contribution in [3.8, 4) is 0 Å². The van der Waals surface area contributed by atoms with Crippen molar-refractivity contribution >= 4 is 61.0 Å². The standard InChI is InChI=1S/C23H23Br2N5O3/c24-17-7-13(8-18(25)20(17)26)21(31)15-9-16(15)22(32)29-5-2-14(3-6-29)30-11-12-1-4-27-10-19(12)28-23(30)33/h1,4,7-8,10,14-16H,2-3,5-6,9,11,26H2,(H,28,33)/t15-,16-/m1/s1. The average molecular weight is 577 g/mol. The minimum absolute atomic E-state index is 0.0252. The number of likely N-dealkylation sites (tertiary alicyclic amines) is 1. The number of nitrogen functional groups attached to an aromatic ring is 1.